The number of nitrogen functional groups attached to an aromatic ring is 1. The quantitative estimate of drug-likeness (QED) is 0.587. The van der Waals surface area contributed by atoms with Crippen LogP contribution < -0.4 is 10.5 Å². The lowest BCUT2D eigenvalue weighted by Crippen LogP contribution is -2.28. The molecule has 0 aliphatic rings. The number of benzene rings is 1. The average Bonchev–Trinajstić information content (AvgIpc) is 2.31. The normalized spacial score (nSPS) is 12.0. The zero-order valence-electron chi connectivity index (χ0n) is 11.0. The van der Waals surface area contributed by atoms with E-state index in [0.717, 1.165) is 6.07 Å². The monoisotopic (exact) mass is 290 g/mol. The van der Waals surface area contributed by atoms with Gasteiger partial charge in [0.2, 0.25) is 10.0 Å². The van der Waals surface area contributed by atoms with E-state index in [4.69, 9.17) is 10.5 Å². The molecule has 0 atom stereocenters. The molecule has 3 N–H and O–H groups in total. The Balaban J connectivity index is 2.54. The molecule has 0 aromatic heterocycles. The fourth-order valence-electron chi connectivity index (χ4n) is 1.33. The van der Waals surface area contributed by atoms with Crippen molar-refractivity contribution in [1.82, 2.24) is 4.72 Å². The summed E-state index contributed by atoms with van der Waals surface area (Å²) in [4.78, 5) is -0.150. The Morgan fingerprint density at radius 3 is 2.68 bits per heavy atom. The van der Waals surface area contributed by atoms with Gasteiger partial charge in [-0.2, -0.15) is 0 Å². The van der Waals surface area contributed by atoms with Crippen LogP contribution in [-0.4, -0.2) is 28.2 Å². The highest BCUT2D eigenvalue weighted by atomic mass is 32.2. The van der Waals surface area contributed by atoms with E-state index in [9.17, 15) is 12.8 Å². The number of hydrogen-bond donors (Lipinski definition) is 2. The van der Waals surface area contributed by atoms with Crippen molar-refractivity contribution in [3.05, 3.63) is 24.0 Å². The van der Waals surface area contributed by atoms with Crippen LogP contribution in [0.1, 0.15) is 13.8 Å². The minimum atomic E-state index is -3.73. The SMILES string of the molecule is CC(C)COCCNS(=O)(=O)c1ccc(N)c(F)c1. The first kappa shape index (κ1) is 15.9. The summed E-state index contributed by atoms with van der Waals surface area (Å²) in [7, 11) is -3.73. The highest BCUT2D eigenvalue weighted by Crippen LogP contribution is 2.15. The Hall–Kier alpha value is -1.18. The summed E-state index contributed by atoms with van der Waals surface area (Å²) in [6.07, 6.45) is 0. The summed E-state index contributed by atoms with van der Waals surface area (Å²) in [5.41, 5.74) is 5.21. The van der Waals surface area contributed by atoms with E-state index < -0.39 is 15.8 Å². The van der Waals surface area contributed by atoms with E-state index in [1.54, 1.807) is 0 Å². The summed E-state index contributed by atoms with van der Waals surface area (Å²) in [5, 5.41) is 0. The van der Waals surface area contributed by atoms with Gasteiger partial charge in [-0.25, -0.2) is 17.5 Å². The van der Waals surface area contributed by atoms with Gasteiger partial charge in [-0.15, -0.1) is 0 Å². The van der Waals surface area contributed by atoms with Crippen LogP contribution in [0.4, 0.5) is 10.1 Å². The molecule has 1 aromatic carbocycles. The first-order valence-electron chi connectivity index (χ1n) is 5.95. The standard InChI is InChI=1S/C12H19FN2O3S/c1-9(2)8-18-6-5-15-19(16,17)10-3-4-12(14)11(13)7-10/h3-4,7,9,15H,5-6,8,14H2,1-2H3. The second-order valence-corrected chi connectivity index (χ2v) is 6.32. The zero-order chi connectivity index (χ0) is 14.5. The van der Waals surface area contributed by atoms with Crippen LogP contribution in [0, 0.1) is 11.7 Å². The van der Waals surface area contributed by atoms with Crippen molar-refractivity contribution in [1.29, 1.82) is 0 Å². The summed E-state index contributed by atoms with van der Waals surface area (Å²) in [6, 6.07) is 3.38. The molecule has 1 aromatic rings. The molecule has 0 unspecified atom stereocenters. The van der Waals surface area contributed by atoms with E-state index in [-0.39, 0.29) is 23.7 Å². The number of anilines is 1. The van der Waals surface area contributed by atoms with Crippen molar-refractivity contribution < 1.29 is 17.5 Å². The predicted octanol–water partition coefficient (Wildman–Crippen LogP) is 1.36. The van der Waals surface area contributed by atoms with E-state index in [2.05, 4.69) is 4.72 Å². The van der Waals surface area contributed by atoms with Crippen LogP contribution in [0.25, 0.3) is 0 Å². The number of sulfonamides is 1. The van der Waals surface area contributed by atoms with Gasteiger partial charge >= 0.3 is 0 Å². The first-order valence-corrected chi connectivity index (χ1v) is 7.43. The molecule has 0 fully saturated rings. The number of nitrogens with two attached hydrogens (primary N) is 1. The third kappa shape index (κ3) is 5.14. The molecule has 0 spiro atoms. The van der Waals surface area contributed by atoms with Gasteiger partial charge in [0.1, 0.15) is 5.82 Å². The zero-order valence-corrected chi connectivity index (χ0v) is 11.8. The Morgan fingerprint density at radius 1 is 1.42 bits per heavy atom. The van der Waals surface area contributed by atoms with Gasteiger partial charge in [0.05, 0.1) is 17.2 Å². The van der Waals surface area contributed by atoms with Gasteiger partial charge < -0.3 is 10.5 Å². The molecular formula is C12H19FN2O3S. The Labute approximate surface area is 113 Å². The van der Waals surface area contributed by atoms with Crippen LogP contribution in [-0.2, 0) is 14.8 Å². The molecule has 0 heterocycles. The Kier molecular flexibility index (Phi) is 5.71. The second-order valence-electron chi connectivity index (χ2n) is 4.55. The molecule has 19 heavy (non-hydrogen) atoms. The molecule has 0 amide bonds. The van der Waals surface area contributed by atoms with Crippen LogP contribution in [0.3, 0.4) is 0 Å². The van der Waals surface area contributed by atoms with Crippen LogP contribution >= 0.6 is 0 Å². The lowest BCUT2D eigenvalue weighted by Gasteiger charge is -2.09. The highest BCUT2D eigenvalue weighted by molar-refractivity contribution is 7.89. The first-order chi connectivity index (χ1) is 8.83. The fraction of sp³-hybridized carbons (Fsp3) is 0.500. The minimum absolute atomic E-state index is 0.0841. The molecular weight excluding hydrogens is 271 g/mol. The fourth-order valence-corrected chi connectivity index (χ4v) is 2.35. The third-order valence-corrected chi connectivity index (χ3v) is 3.73. The van der Waals surface area contributed by atoms with Crippen molar-refractivity contribution in [2.75, 3.05) is 25.5 Å². The maximum atomic E-state index is 13.2. The van der Waals surface area contributed by atoms with E-state index in [0.29, 0.717) is 12.5 Å². The Bertz CT molecular complexity index is 518. The molecule has 0 saturated heterocycles. The molecule has 1 rings (SSSR count). The highest BCUT2D eigenvalue weighted by Gasteiger charge is 2.15. The number of rotatable bonds is 7. The molecule has 0 aliphatic carbocycles. The lowest BCUT2D eigenvalue weighted by atomic mass is 10.2. The number of ether oxygens (including phenoxy) is 1. The van der Waals surface area contributed by atoms with Crippen molar-refractivity contribution in [3.8, 4) is 0 Å². The van der Waals surface area contributed by atoms with Gasteiger partial charge in [0.25, 0.3) is 0 Å². The largest absolute Gasteiger partial charge is 0.396 e. The summed E-state index contributed by atoms with van der Waals surface area (Å²) < 4.78 is 44.4. The maximum absolute atomic E-state index is 13.2. The van der Waals surface area contributed by atoms with Crippen molar-refractivity contribution >= 4 is 15.7 Å². The number of hydrogen-bond acceptors (Lipinski definition) is 4. The molecule has 7 heteroatoms. The van der Waals surface area contributed by atoms with Crippen molar-refractivity contribution in [2.45, 2.75) is 18.7 Å². The van der Waals surface area contributed by atoms with Crippen LogP contribution in [0.2, 0.25) is 0 Å². The molecule has 0 saturated carbocycles. The van der Waals surface area contributed by atoms with Crippen LogP contribution in [0.15, 0.2) is 23.1 Å². The maximum Gasteiger partial charge on any atom is 0.240 e. The van der Waals surface area contributed by atoms with Gasteiger partial charge in [0, 0.05) is 13.2 Å². The lowest BCUT2D eigenvalue weighted by molar-refractivity contribution is 0.114. The molecule has 0 bridgehead atoms. The summed E-state index contributed by atoms with van der Waals surface area (Å²) in [5.74, 6) is -0.360. The topological polar surface area (TPSA) is 81.4 Å². The van der Waals surface area contributed by atoms with Gasteiger partial charge in [0.15, 0.2) is 0 Å². The Morgan fingerprint density at radius 2 is 2.11 bits per heavy atom. The third-order valence-electron chi connectivity index (χ3n) is 2.27. The molecule has 108 valence electrons. The second kappa shape index (κ2) is 6.83. The number of halogens is 1. The summed E-state index contributed by atoms with van der Waals surface area (Å²) >= 11 is 0. The predicted molar refractivity (Wildman–Crippen MR) is 71.7 cm³/mol. The summed E-state index contributed by atoms with van der Waals surface area (Å²) in [6.45, 7) is 4.98. The van der Waals surface area contributed by atoms with Gasteiger partial charge in [-0.05, 0) is 24.1 Å². The van der Waals surface area contributed by atoms with E-state index >= 15 is 0 Å². The average molecular weight is 290 g/mol. The molecule has 0 radical (unpaired) electrons. The smallest absolute Gasteiger partial charge is 0.240 e. The molecule has 0 aliphatic heterocycles. The number of nitrogens with one attached hydrogen (secondary N) is 1. The van der Waals surface area contributed by atoms with E-state index in [1.165, 1.54) is 12.1 Å². The van der Waals surface area contributed by atoms with Crippen molar-refractivity contribution in [2.24, 2.45) is 5.92 Å². The van der Waals surface area contributed by atoms with E-state index in [1.807, 2.05) is 13.8 Å². The van der Waals surface area contributed by atoms with Gasteiger partial charge in [-0.3, -0.25) is 0 Å². The molecule has 5 nitrogen and oxygen atoms in total. The van der Waals surface area contributed by atoms with Gasteiger partial charge in [-0.1, -0.05) is 13.8 Å². The van der Waals surface area contributed by atoms with Crippen LogP contribution in [0.5, 0.6) is 0 Å². The minimum Gasteiger partial charge on any atom is -0.396 e. The van der Waals surface area contributed by atoms with Crippen molar-refractivity contribution in [3.63, 3.8) is 0 Å².